The number of piperidine rings is 1. The van der Waals surface area contributed by atoms with Crippen LogP contribution in [0.5, 0.6) is 0 Å². The van der Waals surface area contributed by atoms with Crippen molar-refractivity contribution in [3.63, 3.8) is 0 Å². The van der Waals surface area contributed by atoms with Gasteiger partial charge in [0.25, 0.3) is 0 Å². The van der Waals surface area contributed by atoms with Gasteiger partial charge in [-0.3, -0.25) is 9.69 Å². The van der Waals surface area contributed by atoms with Crippen LogP contribution in [0.2, 0.25) is 0 Å². The average Bonchev–Trinajstić information content (AvgIpc) is 3.35. The van der Waals surface area contributed by atoms with Gasteiger partial charge in [-0.25, -0.2) is 0 Å². The first kappa shape index (κ1) is 17.4. The number of nitrogens with one attached hydrogen (secondary N) is 1. The van der Waals surface area contributed by atoms with Crippen LogP contribution in [0.25, 0.3) is 0 Å². The summed E-state index contributed by atoms with van der Waals surface area (Å²) in [6.45, 7) is 5.91. The Morgan fingerprint density at radius 2 is 2.08 bits per heavy atom. The number of ether oxygens (including phenoxy) is 1. The molecule has 0 saturated carbocycles. The van der Waals surface area contributed by atoms with Crippen LogP contribution in [0.15, 0.2) is 10.5 Å². The van der Waals surface area contributed by atoms with Crippen LogP contribution < -0.4 is 0 Å². The Morgan fingerprint density at radius 1 is 1.23 bits per heavy atom. The van der Waals surface area contributed by atoms with E-state index in [-0.39, 0.29) is 17.9 Å². The molecule has 2 aromatic rings. The van der Waals surface area contributed by atoms with Crippen molar-refractivity contribution in [1.82, 2.24) is 20.1 Å². The van der Waals surface area contributed by atoms with Crippen molar-refractivity contribution in [2.75, 3.05) is 19.7 Å². The first-order chi connectivity index (χ1) is 12.6. The third-order valence-electron chi connectivity index (χ3n) is 5.36. The van der Waals surface area contributed by atoms with Crippen LogP contribution in [-0.2, 0) is 4.74 Å². The highest BCUT2D eigenvalue weighted by Crippen LogP contribution is 2.33. The lowest BCUT2D eigenvalue weighted by Crippen LogP contribution is -2.37. The molecule has 0 amide bonds. The largest absolute Gasteiger partial charge is 0.421 e. The summed E-state index contributed by atoms with van der Waals surface area (Å²) in [5.74, 6) is 1.33. The smallest absolute Gasteiger partial charge is 0.245 e. The number of carbonyl (C=O) groups is 1. The standard InChI is InChI=1S/C19H26N4O3/c1-12-10-14(13(2)20-12)16(24)11-23-8-4-3-6-15(23)18-21-22-19(26-18)17-7-5-9-25-17/h10,15,17,20H,3-9,11H2,1-2H3/t15?,17-/m1/s1. The molecule has 140 valence electrons. The molecule has 2 aliphatic rings. The van der Waals surface area contributed by atoms with E-state index in [4.69, 9.17) is 9.15 Å². The molecule has 4 heterocycles. The van der Waals surface area contributed by atoms with Crippen molar-refractivity contribution in [2.45, 2.75) is 58.1 Å². The van der Waals surface area contributed by atoms with E-state index in [0.717, 1.165) is 62.2 Å². The Balaban J connectivity index is 1.49. The van der Waals surface area contributed by atoms with Gasteiger partial charge >= 0.3 is 0 Å². The van der Waals surface area contributed by atoms with E-state index in [2.05, 4.69) is 20.1 Å². The molecule has 2 aliphatic heterocycles. The quantitative estimate of drug-likeness (QED) is 0.826. The second-order valence-electron chi connectivity index (χ2n) is 7.38. The van der Waals surface area contributed by atoms with Crippen LogP contribution in [0.3, 0.4) is 0 Å². The minimum absolute atomic E-state index is 0.00991. The number of hydrogen-bond acceptors (Lipinski definition) is 6. The molecule has 2 fully saturated rings. The predicted molar refractivity (Wildman–Crippen MR) is 95.0 cm³/mol. The molecule has 2 aromatic heterocycles. The number of likely N-dealkylation sites (tertiary alicyclic amines) is 1. The van der Waals surface area contributed by atoms with Gasteiger partial charge in [-0.1, -0.05) is 6.42 Å². The van der Waals surface area contributed by atoms with Gasteiger partial charge in [-0.05, 0) is 52.1 Å². The zero-order chi connectivity index (χ0) is 18.1. The van der Waals surface area contributed by atoms with Crippen LogP contribution in [0.4, 0.5) is 0 Å². The highest BCUT2D eigenvalue weighted by molar-refractivity contribution is 5.98. The number of aromatic amines is 1. The number of H-pyrrole nitrogens is 1. The third kappa shape index (κ3) is 3.46. The minimum Gasteiger partial charge on any atom is -0.421 e. The number of aromatic nitrogens is 3. The van der Waals surface area contributed by atoms with Crippen LogP contribution in [0, 0.1) is 13.8 Å². The lowest BCUT2D eigenvalue weighted by atomic mass is 10.0. The Labute approximate surface area is 153 Å². The second-order valence-corrected chi connectivity index (χ2v) is 7.38. The summed E-state index contributed by atoms with van der Waals surface area (Å²) in [6.07, 6.45) is 5.02. The molecule has 0 bridgehead atoms. The number of carbonyl (C=O) groups excluding carboxylic acids is 1. The average molecular weight is 358 g/mol. The minimum atomic E-state index is -0.0691. The fourth-order valence-electron chi connectivity index (χ4n) is 4.03. The molecule has 7 heteroatoms. The summed E-state index contributed by atoms with van der Waals surface area (Å²) in [6, 6.07) is 1.94. The van der Waals surface area contributed by atoms with E-state index in [9.17, 15) is 4.79 Å². The van der Waals surface area contributed by atoms with Gasteiger partial charge in [0.1, 0.15) is 6.10 Å². The van der Waals surface area contributed by atoms with Crippen molar-refractivity contribution in [3.8, 4) is 0 Å². The molecular weight excluding hydrogens is 332 g/mol. The van der Waals surface area contributed by atoms with Crippen molar-refractivity contribution >= 4 is 5.78 Å². The normalized spacial score (nSPS) is 24.2. The number of rotatable bonds is 5. The number of ketones is 1. The molecule has 0 aliphatic carbocycles. The summed E-state index contributed by atoms with van der Waals surface area (Å²) < 4.78 is 11.6. The zero-order valence-electron chi connectivity index (χ0n) is 15.5. The van der Waals surface area contributed by atoms with E-state index in [1.54, 1.807) is 0 Å². The molecule has 4 rings (SSSR count). The Hall–Kier alpha value is -1.99. The van der Waals surface area contributed by atoms with Gasteiger partial charge < -0.3 is 14.1 Å². The highest BCUT2D eigenvalue weighted by Gasteiger charge is 2.32. The summed E-state index contributed by atoms with van der Waals surface area (Å²) in [5.41, 5.74) is 2.72. The summed E-state index contributed by atoms with van der Waals surface area (Å²) in [5, 5.41) is 8.48. The molecule has 2 atom stereocenters. The molecule has 2 saturated heterocycles. The van der Waals surface area contributed by atoms with E-state index in [0.29, 0.717) is 18.3 Å². The number of Topliss-reactive ketones (excluding diaryl/α,β-unsaturated/α-hetero) is 1. The molecule has 7 nitrogen and oxygen atoms in total. The number of aryl methyl sites for hydroxylation is 2. The van der Waals surface area contributed by atoms with E-state index < -0.39 is 0 Å². The zero-order valence-corrected chi connectivity index (χ0v) is 15.5. The SMILES string of the molecule is Cc1cc(C(=O)CN2CCCCC2c2nnc([C@H]3CCCO3)o2)c(C)[nH]1. The fraction of sp³-hybridized carbons (Fsp3) is 0.632. The molecule has 0 spiro atoms. The van der Waals surface area contributed by atoms with Gasteiger partial charge in [0.2, 0.25) is 11.8 Å². The predicted octanol–water partition coefficient (Wildman–Crippen LogP) is 3.28. The lowest BCUT2D eigenvalue weighted by molar-refractivity contribution is 0.0737. The van der Waals surface area contributed by atoms with Crippen molar-refractivity contribution in [3.05, 3.63) is 34.8 Å². The van der Waals surface area contributed by atoms with E-state index in [1.165, 1.54) is 0 Å². The summed E-state index contributed by atoms with van der Waals surface area (Å²) in [4.78, 5) is 18.2. The topological polar surface area (TPSA) is 84.2 Å². The lowest BCUT2D eigenvalue weighted by Gasteiger charge is -2.32. The maximum Gasteiger partial charge on any atom is 0.245 e. The molecular formula is C19H26N4O3. The van der Waals surface area contributed by atoms with Gasteiger partial charge in [0.05, 0.1) is 12.6 Å². The Kier molecular flexibility index (Phi) is 4.91. The highest BCUT2D eigenvalue weighted by atomic mass is 16.5. The fourth-order valence-corrected chi connectivity index (χ4v) is 4.03. The second kappa shape index (κ2) is 7.32. The monoisotopic (exact) mass is 358 g/mol. The summed E-state index contributed by atoms with van der Waals surface area (Å²) >= 11 is 0. The van der Waals surface area contributed by atoms with Crippen LogP contribution in [-0.4, -0.2) is 45.6 Å². The number of nitrogens with zero attached hydrogens (tertiary/aromatic N) is 3. The maximum absolute atomic E-state index is 12.8. The Bertz CT molecular complexity index is 776. The summed E-state index contributed by atoms with van der Waals surface area (Å²) in [7, 11) is 0. The molecule has 26 heavy (non-hydrogen) atoms. The van der Waals surface area contributed by atoms with E-state index >= 15 is 0 Å². The first-order valence-corrected chi connectivity index (χ1v) is 9.50. The third-order valence-corrected chi connectivity index (χ3v) is 5.36. The van der Waals surface area contributed by atoms with E-state index in [1.807, 2.05) is 19.9 Å². The van der Waals surface area contributed by atoms with Gasteiger partial charge in [0, 0.05) is 23.6 Å². The van der Waals surface area contributed by atoms with Crippen molar-refractivity contribution < 1.29 is 13.9 Å². The molecule has 0 aromatic carbocycles. The Morgan fingerprint density at radius 3 is 2.81 bits per heavy atom. The van der Waals surface area contributed by atoms with Crippen LogP contribution in [0.1, 0.15) is 77.8 Å². The van der Waals surface area contributed by atoms with Crippen molar-refractivity contribution in [2.24, 2.45) is 0 Å². The molecule has 1 unspecified atom stereocenters. The molecule has 1 N–H and O–H groups in total. The van der Waals surface area contributed by atoms with Gasteiger partial charge in [-0.15, -0.1) is 10.2 Å². The number of hydrogen-bond donors (Lipinski definition) is 1. The van der Waals surface area contributed by atoms with Crippen molar-refractivity contribution in [1.29, 1.82) is 0 Å². The van der Waals surface area contributed by atoms with Gasteiger partial charge in [0.15, 0.2) is 5.78 Å². The van der Waals surface area contributed by atoms with Crippen LogP contribution >= 0.6 is 0 Å². The first-order valence-electron chi connectivity index (χ1n) is 9.50. The molecule has 0 radical (unpaired) electrons. The maximum atomic E-state index is 12.8. The van der Waals surface area contributed by atoms with Gasteiger partial charge in [-0.2, -0.15) is 0 Å².